The molecule has 0 unspecified atom stereocenters. The summed E-state index contributed by atoms with van der Waals surface area (Å²) < 4.78 is 4.84. The summed E-state index contributed by atoms with van der Waals surface area (Å²) in [6.45, 7) is 4.20. The van der Waals surface area contributed by atoms with Gasteiger partial charge in [-0.1, -0.05) is 44.1 Å². The molecule has 0 aliphatic rings. The molecule has 0 aromatic heterocycles. The summed E-state index contributed by atoms with van der Waals surface area (Å²) in [4.78, 5) is 10.5. The Morgan fingerprint density at radius 2 is 1.69 bits per heavy atom. The summed E-state index contributed by atoms with van der Waals surface area (Å²) in [6.07, 6.45) is 15.4. The van der Waals surface area contributed by atoms with Crippen molar-refractivity contribution < 1.29 is 9.53 Å². The molecule has 0 spiro atoms. The number of unbranched alkanes of at least 4 members (excludes halogenated alkanes) is 4. The third-order valence-corrected chi connectivity index (χ3v) is 2.18. The first-order valence-electron chi connectivity index (χ1n) is 6.22. The molecule has 0 fully saturated rings. The van der Waals surface area contributed by atoms with Gasteiger partial charge in [0.25, 0.3) is 0 Å². The van der Waals surface area contributed by atoms with Gasteiger partial charge in [0.2, 0.25) is 0 Å². The van der Waals surface area contributed by atoms with Crippen molar-refractivity contribution in [3.05, 3.63) is 24.3 Å². The molecule has 0 aliphatic heterocycles. The number of ether oxygens (including phenoxy) is 1. The Hall–Kier alpha value is -1.05. The fourth-order valence-corrected chi connectivity index (χ4v) is 1.25. The smallest absolute Gasteiger partial charge is 0.302 e. The summed E-state index contributed by atoms with van der Waals surface area (Å²) in [5.41, 5.74) is 0. The predicted molar refractivity (Wildman–Crippen MR) is 68.3 cm³/mol. The molecule has 0 aromatic carbocycles. The van der Waals surface area contributed by atoms with Gasteiger partial charge < -0.3 is 4.74 Å². The van der Waals surface area contributed by atoms with Crippen LogP contribution in [0.15, 0.2) is 24.3 Å². The van der Waals surface area contributed by atoms with Crippen molar-refractivity contribution in [2.24, 2.45) is 0 Å². The zero-order valence-corrected chi connectivity index (χ0v) is 10.6. The Morgan fingerprint density at radius 3 is 2.25 bits per heavy atom. The Labute approximate surface area is 99.4 Å². The summed E-state index contributed by atoms with van der Waals surface area (Å²) in [7, 11) is 0. The van der Waals surface area contributed by atoms with Gasteiger partial charge in [-0.05, 0) is 25.7 Å². The first-order chi connectivity index (χ1) is 7.77. The van der Waals surface area contributed by atoms with Gasteiger partial charge in [0.1, 0.15) is 0 Å². The van der Waals surface area contributed by atoms with Crippen molar-refractivity contribution in [2.75, 3.05) is 6.61 Å². The highest BCUT2D eigenvalue weighted by Gasteiger charge is 1.90. The topological polar surface area (TPSA) is 26.3 Å². The Bertz CT molecular complexity index is 217. The lowest BCUT2D eigenvalue weighted by molar-refractivity contribution is -0.141. The number of rotatable bonds is 9. The summed E-state index contributed by atoms with van der Waals surface area (Å²) in [5, 5.41) is 0. The van der Waals surface area contributed by atoms with E-state index in [-0.39, 0.29) is 5.97 Å². The van der Waals surface area contributed by atoms with Crippen LogP contribution in [0.25, 0.3) is 0 Å². The zero-order valence-electron chi connectivity index (χ0n) is 10.6. The second-order valence-corrected chi connectivity index (χ2v) is 3.83. The van der Waals surface area contributed by atoms with E-state index in [9.17, 15) is 4.79 Å². The Kier molecular flexibility index (Phi) is 11.2. The van der Waals surface area contributed by atoms with E-state index in [1.54, 1.807) is 0 Å². The first-order valence-corrected chi connectivity index (χ1v) is 6.22. The second kappa shape index (κ2) is 12.0. The van der Waals surface area contributed by atoms with Gasteiger partial charge in [0.05, 0.1) is 6.61 Å². The maximum Gasteiger partial charge on any atom is 0.302 e. The largest absolute Gasteiger partial charge is 0.466 e. The van der Waals surface area contributed by atoms with Gasteiger partial charge in [0.15, 0.2) is 0 Å². The average Bonchev–Trinajstić information content (AvgIpc) is 2.25. The molecule has 0 N–H and O–H groups in total. The van der Waals surface area contributed by atoms with E-state index < -0.39 is 0 Å². The Balaban J connectivity index is 3.21. The molecule has 0 saturated heterocycles. The molecule has 0 radical (unpaired) electrons. The average molecular weight is 224 g/mol. The lowest BCUT2D eigenvalue weighted by Crippen LogP contribution is -1.99. The fraction of sp³-hybridized carbons (Fsp3) is 0.643. The third-order valence-electron chi connectivity index (χ3n) is 2.18. The van der Waals surface area contributed by atoms with Crippen molar-refractivity contribution in [2.45, 2.75) is 52.4 Å². The van der Waals surface area contributed by atoms with Crippen LogP contribution in [0.3, 0.4) is 0 Å². The van der Waals surface area contributed by atoms with E-state index in [1.807, 2.05) is 0 Å². The van der Waals surface area contributed by atoms with Gasteiger partial charge in [-0.15, -0.1) is 0 Å². The maximum atomic E-state index is 10.5. The fourth-order valence-electron chi connectivity index (χ4n) is 1.25. The minimum atomic E-state index is -0.186. The van der Waals surface area contributed by atoms with Crippen LogP contribution in [0.5, 0.6) is 0 Å². The number of allylic oxidation sites excluding steroid dienone is 4. The highest BCUT2D eigenvalue weighted by atomic mass is 16.5. The van der Waals surface area contributed by atoms with Crippen LogP contribution in [-0.4, -0.2) is 12.6 Å². The second-order valence-electron chi connectivity index (χ2n) is 3.83. The summed E-state index contributed by atoms with van der Waals surface area (Å²) >= 11 is 0. The number of hydrogen-bond acceptors (Lipinski definition) is 2. The molecule has 0 atom stereocenters. The van der Waals surface area contributed by atoms with E-state index in [0.29, 0.717) is 6.61 Å². The SMILES string of the molecule is CCCC/C=C/C=C\CCCCOC(C)=O. The predicted octanol–water partition coefficient (Wildman–Crippen LogP) is 4.02. The molecule has 92 valence electrons. The maximum absolute atomic E-state index is 10.5. The minimum Gasteiger partial charge on any atom is -0.466 e. The van der Waals surface area contributed by atoms with Crippen molar-refractivity contribution >= 4 is 5.97 Å². The van der Waals surface area contributed by atoms with E-state index >= 15 is 0 Å². The van der Waals surface area contributed by atoms with Crippen molar-refractivity contribution in [3.63, 3.8) is 0 Å². The normalized spacial score (nSPS) is 11.4. The molecular formula is C14H24O2. The number of hydrogen-bond donors (Lipinski definition) is 0. The molecule has 0 saturated carbocycles. The highest BCUT2D eigenvalue weighted by Crippen LogP contribution is 1.99. The van der Waals surface area contributed by atoms with Crippen molar-refractivity contribution in [3.8, 4) is 0 Å². The van der Waals surface area contributed by atoms with E-state index in [0.717, 1.165) is 19.3 Å². The molecular weight excluding hydrogens is 200 g/mol. The van der Waals surface area contributed by atoms with E-state index in [2.05, 4.69) is 31.2 Å². The van der Waals surface area contributed by atoms with Crippen molar-refractivity contribution in [1.29, 1.82) is 0 Å². The lowest BCUT2D eigenvalue weighted by Gasteiger charge is -1.98. The standard InChI is InChI=1S/C14H24O2/c1-3-4-5-6-7-8-9-10-11-12-13-16-14(2)15/h6-9H,3-5,10-13H2,1-2H3/b7-6+,9-8-. The number of carbonyl (C=O) groups excluding carboxylic acids is 1. The molecule has 2 nitrogen and oxygen atoms in total. The van der Waals surface area contributed by atoms with Crippen LogP contribution in [0, 0.1) is 0 Å². The lowest BCUT2D eigenvalue weighted by atomic mass is 10.2. The summed E-state index contributed by atoms with van der Waals surface area (Å²) in [6, 6.07) is 0. The van der Waals surface area contributed by atoms with Gasteiger partial charge in [-0.3, -0.25) is 4.79 Å². The highest BCUT2D eigenvalue weighted by molar-refractivity contribution is 5.65. The summed E-state index contributed by atoms with van der Waals surface area (Å²) in [5.74, 6) is -0.186. The number of esters is 1. The molecule has 0 aromatic rings. The van der Waals surface area contributed by atoms with Crippen LogP contribution < -0.4 is 0 Å². The van der Waals surface area contributed by atoms with Crippen LogP contribution >= 0.6 is 0 Å². The molecule has 2 heteroatoms. The van der Waals surface area contributed by atoms with E-state index in [1.165, 1.54) is 26.2 Å². The van der Waals surface area contributed by atoms with Crippen molar-refractivity contribution in [1.82, 2.24) is 0 Å². The first kappa shape index (κ1) is 14.9. The monoisotopic (exact) mass is 224 g/mol. The van der Waals surface area contributed by atoms with Crippen LogP contribution in [0.2, 0.25) is 0 Å². The van der Waals surface area contributed by atoms with Crippen LogP contribution in [0.1, 0.15) is 52.4 Å². The van der Waals surface area contributed by atoms with E-state index in [4.69, 9.17) is 4.74 Å². The quantitative estimate of drug-likeness (QED) is 0.336. The molecule has 0 rings (SSSR count). The minimum absolute atomic E-state index is 0.186. The van der Waals surface area contributed by atoms with Crippen LogP contribution in [-0.2, 0) is 9.53 Å². The molecule has 0 amide bonds. The molecule has 16 heavy (non-hydrogen) atoms. The molecule has 0 heterocycles. The Morgan fingerprint density at radius 1 is 1.06 bits per heavy atom. The molecule has 0 aliphatic carbocycles. The third kappa shape index (κ3) is 12.9. The van der Waals surface area contributed by atoms with Crippen LogP contribution in [0.4, 0.5) is 0 Å². The van der Waals surface area contributed by atoms with Gasteiger partial charge in [-0.2, -0.15) is 0 Å². The number of carbonyl (C=O) groups is 1. The van der Waals surface area contributed by atoms with Gasteiger partial charge in [-0.25, -0.2) is 0 Å². The van der Waals surface area contributed by atoms with Gasteiger partial charge >= 0.3 is 5.97 Å². The van der Waals surface area contributed by atoms with Gasteiger partial charge in [0, 0.05) is 6.92 Å². The zero-order chi connectivity index (χ0) is 12.1. The molecule has 0 bridgehead atoms.